The molecule has 2 fully saturated rings. The van der Waals surface area contributed by atoms with Crippen LogP contribution >= 0.6 is 0 Å². The Hall–Kier alpha value is -3.09. The number of carbonyl (C=O) groups excluding carboxylic acids is 3. The lowest BCUT2D eigenvalue weighted by molar-refractivity contribution is -0.126. The van der Waals surface area contributed by atoms with Gasteiger partial charge in [-0.3, -0.25) is 14.4 Å². The van der Waals surface area contributed by atoms with E-state index in [1.165, 1.54) is 6.26 Å². The summed E-state index contributed by atoms with van der Waals surface area (Å²) in [7, 11) is 0. The molecule has 3 amide bonds. The third-order valence-corrected chi connectivity index (χ3v) is 6.03. The van der Waals surface area contributed by atoms with Gasteiger partial charge >= 0.3 is 0 Å². The van der Waals surface area contributed by atoms with Gasteiger partial charge in [-0.2, -0.15) is 0 Å². The Bertz CT molecular complexity index is 881. The summed E-state index contributed by atoms with van der Waals surface area (Å²) in [5.74, 6) is -0.205. The van der Waals surface area contributed by atoms with Crippen LogP contribution in [0.5, 0.6) is 0 Å². The van der Waals surface area contributed by atoms with Gasteiger partial charge in [0.25, 0.3) is 11.8 Å². The fraction of sp³-hybridized carbons (Fsp3) is 0.435. The Labute approximate surface area is 176 Å². The molecule has 7 nitrogen and oxygen atoms in total. The minimum absolute atomic E-state index is 0.0318. The predicted octanol–water partition coefficient (Wildman–Crippen LogP) is 2.55. The van der Waals surface area contributed by atoms with E-state index in [0.717, 1.165) is 19.3 Å². The Morgan fingerprint density at radius 2 is 1.77 bits per heavy atom. The molecule has 2 aromatic rings. The molecule has 2 aliphatic rings. The van der Waals surface area contributed by atoms with E-state index in [1.807, 2.05) is 35.2 Å². The van der Waals surface area contributed by atoms with Gasteiger partial charge in [0.2, 0.25) is 5.91 Å². The zero-order valence-corrected chi connectivity index (χ0v) is 17.0. The normalized spacial score (nSPS) is 22.7. The summed E-state index contributed by atoms with van der Waals surface area (Å²) in [5.41, 5.74) is 0.627. The number of nitrogens with one attached hydrogen (secondary N) is 1. The number of hydrogen-bond acceptors (Lipinski definition) is 4. The number of carbonyl (C=O) groups is 3. The molecule has 1 aromatic carbocycles. The van der Waals surface area contributed by atoms with Crippen molar-refractivity contribution in [3.8, 4) is 0 Å². The summed E-state index contributed by atoms with van der Waals surface area (Å²) in [6.45, 7) is 1.80. The second-order valence-electron chi connectivity index (χ2n) is 7.88. The highest BCUT2D eigenvalue weighted by molar-refractivity contribution is 5.95. The first kappa shape index (κ1) is 20.2. The molecule has 0 spiro atoms. The fourth-order valence-corrected chi connectivity index (χ4v) is 4.53. The maximum absolute atomic E-state index is 13.3. The monoisotopic (exact) mass is 409 g/mol. The molecule has 2 atom stereocenters. The van der Waals surface area contributed by atoms with Crippen molar-refractivity contribution in [2.24, 2.45) is 5.92 Å². The van der Waals surface area contributed by atoms with Crippen LogP contribution in [0.2, 0.25) is 0 Å². The summed E-state index contributed by atoms with van der Waals surface area (Å²) < 4.78 is 5.26. The van der Waals surface area contributed by atoms with Crippen molar-refractivity contribution in [1.29, 1.82) is 0 Å². The van der Waals surface area contributed by atoms with Gasteiger partial charge in [-0.05, 0) is 43.5 Å². The molecule has 1 aliphatic heterocycles. The molecule has 1 saturated heterocycles. The van der Waals surface area contributed by atoms with Crippen LogP contribution in [0.25, 0.3) is 0 Å². The van der Waals surface area contributed by atoms with E-state index >= 15 is 0 Å². The molecule has 30 heavy (non-hydrogen) atoms. The average Bonchev–Trinajstić information content (AvgIpc) is 3.47. The first-order chi connectivity index (χ1) is 14.6. The highest BCUT2D eigenvalue weighted by atomic mass is 16.3. The lowest BCUT2D eigenvalue weighted by Crippen LogP contribution is -2.47. The van der Waals surface area contributed by atoms with Gasteiger partial charge in [-0.25, -0.2) is 0 Å². The number of nitrogens with zero attached hydrogens (tertiary/aromatic N) is 2. The minimum Gasteiger partial charge on any atom is -0.459 e. The zero-order chi connectivity index (χ0) is 20.9. The van der Waals surface area contributed by atoms with Gasteiger partial charge in [0, 0.05) is 37.8 Å². The molecule has 4 rings (SSSR count). The van der Waals surface area contributed by atoms with Crippen molar-refractivity contribution in [2.45, 2.75) is 31.7 Å². The van der Waals surface area contributed by atoms with Crippen molar-refractivity contribution >= 4 is 17.7 Å². The van der Waals surface area contributed by atoms with Gasteiger partial charge in [0.05, 0.1) is 12.2 Å². The van der Waals surface area contributed by atoms with E-state index < -0.39 is 0 Å². The van der Waals surface area contributed by atoms with Crippen molar-refractivity contribution in [3.63, 3.8) is 0 Å². The highest BCUT2D eigenvalue weighted by Gasteiger charge is 2.39. The Balaban J connectivity index is 1.56. The first-order valence-electron chi connectivity index (χ1n) is 10.6. The number of fused-ring (bicyclic) bond motifs is 1. The van der Waals surface area contributed by atoms with Gasteiger partial charge < -0.3 is 19.5 Å². The molecule has 0 radical (unpaired) electrons. The van der Waals surface area contributed by atoms with E-state index in [1.54, 1.807) is 17.0 Å². The quantitative estimate of drug-likeness (QED) is 0.826. The highest BCUT2D eigenvalue weighted by Crippen LogP contribution is 2.31. The largest absolute Gasteiger partial charge is 0.459 e. The maximum atomic E-state index is 13.3. The van der Waals surface area contributed by atoms with E-state index in [4.69, 9.17) is 4.42 Å². The molecule has 2 heterocycles. The van der Waals surface area contributed by atoms with Crippen molar-refractivity contribution < 1.29 is 18.8 Å². The zero-order valence-electron chi connectivity index (χ0n) is 17.0. The van der Waals surface area contributed by atoms with Crippen LogP contribution in [0.1, 0.15) is 46.6 Å². The van der Waals surface area contributed by atoms with Crippen LogP contribution < -0.4 is 5.32 Å². The average molecular weight is 409 g/mol. The van der Waals surface area contributed by atoms with E-state index in [9.17, 15) is 14.4 Å². The van der Waals surface area contributed by atoms with Crippen molar-refractivity contribution in [3.05, 3.63) is 60.1 Å². The molecule has 0 unspecified atom stereocenters. The topological polar surface area (TPSA) is 82.9 Å². The lowest BCUT2D eigenvalue weighted by Gasteiger charge is -2.33. The van der Waals surface area contributed by atoms with Gasteiger partial charge in [-0.1, -0.05) is 24.6 Å². The number of benzene rings is 1. The number of amides is 3. The standard InChI is InChI=1S/C23H27N3O4/c27-21-18-9-4-10-19(18)26(22(28)17-7-2-1-3-8-17)14-6-13-25(15-12-24-21)23(29)20-11-5-16-30-20/h1-3,5,7-8,11,16,18-19H,4,6,9-10,12-15H2,(H,24,27)/t18-,19+/m1/s1. The molecule has 7 heteroatoms. The number of hydrogen-bond donors (Lipinski definition) is 1. The smallest absolute Gasteiger partial charge is 0.289 e. The van der Waals surface area contributed by atoms with E-state index in [0.29, 0.717) is 38.2 Å². The summed E-state index contributed by atoms with van der Waals surface area (Å²) in [5, 5.41) is 2.98. The first-order valence-corrected chi connectivity index (χ1v) is 10.6. The summed E-state index contributed by atoms with van der Waals surface area (Å²) >= 11 is 0. The number of furan rings is 1. The number of rotatable bonds is 2. The fourth-order valence-electron chi connectivity index (χ4n) is 4.53. The SMILES string of the molecule is O=C1NCCN(C(=O)c2ccco2)CCCN(C(=O)c2ccccc2)[C@H]2CCC[C@@H]12. The van der Waals surface area contributed by atoms with Crippen LogP contribution in [0.4, 0.5) is 0 Å². The molecule has 1 aromatic heterocycles. The summed E-state index contributed by atoms with van der Waals surface area (Å²) in [4.78, 5) is 42.5. The Morgan fingerprint density at radius 3 is 2.53 bits per heavy atom. The van der Waals surface area contributed by atoms with Crippen LogP contribution in [0.15, 0.2) is 53.1 Å². The summed E-state index contributed by atoms with van der Waals surface area (Å²) in [6.07, 6.45) is 4.66. The third kappa shape index (κ3) is 4.25. The minimum atomic E-state index is -0.204. The van der Waals surface area contributed by atoms with Gasteiger partial charge in [0.15, 0.2) is 5.76 Å². The van der Waals surface area contributed by atoms with Crippen LogP contribution in [0.3, 0.4) is 0 Å². The Kier molecular flexibility index (Phi) is 6.16. The van der Waals surface area contributed by atoms with Gasteiger partial charge in [-0.15, -0.1) is 0 Å². The molecule has 1 saturated carbocycles. The second kappa shape index (κ2) is 9.15. The lowest BCUT2D eigenvalue weighted by atomic mass is 9.99. The predicted molar refractivity (Wildman–Crippen MR) is 111 cm³/mol. The van der Waals surface area contributed by atoms with Gasteiger partial charge in [0.1, 0.15) is 0 Å². The third-order valence-electron chi connectivity index (χ3n) is 6.03. The van der Waals surface area contributed by atoms with E-state index in [-0.39, 0.29) is 35.4 Å². The van der Waals surface area contributed by atoms with Crippen molar-refractivity contribution in [1.82, 2.24) is 15.1 Å². The maximum Gasteiger partial charge on any atom is 0.289 e. The van der Waals surface area contributed by atoms with Crippen LogP contribution in [0, 0.1) is 5.92 Å². The molecule has 158 valence electrons. The molecular weight excluding hydrogens is 382 g/mol. The molecule has 1 N–H and O–H groups in total. The van der Waals surface area contributed by atoms with Crippen LogP contribution in [-0.2, 0) is 4.79 Å². The molecular formula is C23H27N3O4. The second-order valence-corrected chi connectivity index (χ2v) is 7.88. The van der Waals surface area contributed by atoms with Crippen molar-refractivity contribution in [2.75, 3.05) is 26.2 Å². The molecule has 1 aliphatic carbocycles. The van der Waals surface area contributed by atoms with Crippen LogP contribution in [-0.4, -0.2) is 59.7 Å². The molecule has 0 bridgehead atoms. The Morgan fingerprint density at radius 1 is 0.933 bits per heavy atom. The summed E-state index contributed by atoms with van der Waals surface area (Å²) in [6, 6.07) is 12.4. The van der Waals surface area contributed by atoms with E-state index in [2.05, 4.69) is 5.32 Å².